The highest BCUT2D eigenvalue weighted by atomic mass is 35.5. The van der Waals surface area contributed by atoms with Crippen LogP contribution < -0.4 is 0 Å². The van der Waals surface area contributed by atoms with Gasteiger partial charge in [-0.05, 0) is 36.2 Å². The topological polar surface area (TPSA) is 57.9 Å². The van der Waals surface area contributed by atoms with Crippen molar-refractivity contribution in [2.75, 3.05) is 0 Å². The summed E-state index contributed by atoms with van der Waals surface area (Å²) in [6.07, 6.45) is 0.545. The lowest BCUT2D eigenvalue weighted by Gasteiger charge is -2.02. The Labute approximate surface area is 85.9 Å². The Bertz CT molecular complexity index is 446. The van der Waals surface area contributed by atoms with Gasteiger partial charge in [0.15, 0.2) is 6.29 Å². The summed E-state index contributed by atoms with van der Waals surface area (Å²) in [4.78, 5) is 21.5. The van der Waals surface area contributed by atoms with Gasteiger partial charge in [-0.25, -0.2) is 0 Å². The second-order valence-corrected chi connectivity index (χ2v) is 3.10. The Morgan fingerprint density at radius 2 is 2.21 bits per heavy atom. The lowest BCUT2D eigenvalue weighted by molar-refractivity contribution is 0.106. The molecule has 0 heterocycles. The molecule has 0 saturated carbocycles. The summed E-state index contributed by atoms with van der Waals surface area (Å²) < 4.78 is 0. The first kappa shape index (κ1) is 10.4. The first-order valence-corrected chi connectivity index (χ1v) is 4.17. The molecule has 14 heavy (non-hydrogen) atoms. The second-order valence-electron chi connectivity index (χ2n) is 2.76. The molecule has 0 atom stereocenters. The van der Waals surface area contributed by atoms with E-state index >= 15 is 0 Å². The van der Waals surface area contributed by atoms with Crippen molar-refractivity contribution in [3.05, 3.63) is 34.4 Å². The van der Waals surface area contributed by atoms with Gasteiger partial charge >= 0.3 is 0 Å². The van der Waals surface area contributed by atoms with Crippen molar-refractivity contribution in [1.29, 1.82) is 5.26 Å². The first-order chi connectivity index (χ1) is 6.60. The molecule has 0 spiro atoms. The molecule has 0 aliphatic rings. The third-order valence-corrected chi connectivity index (χ3v) is 2.06. The molecule has 0 radical (unpaired) electrons. The smallest absolute Gasteiger partial charge is 0.253 e. The second kappa shape index (κ2) is 4.03. The minimum Gasteiger partial charge on any atom is -0.298 e. The van der Waals surface area contributed by atoms with E-state index in [0.29, 0.717) is 17.4 Å². The monoisotopic (exact) mass is 207 g/mol. The van der Waals surface area contributed by atoms with E-state index < -0.39 is 5.24 Å². The zero-order valence-electron chi connectivity index (χ0n) is 7.37. The molecular weight excluding hydrogens is 202 g/mol. The largest absolute Gasteiger partial charge is 0.298 e. The third kappa shape index (κ3) is 1.81. The minimum atomic E-state index is -0.733. The molecule has 1 aromatic carbocycles. The van der Waals surface area contributed by atoms with E-state index in [-0.39, 0.29) is 11.1 Å². The van der Waals surface area contributed by atoms with E-state index in [4.69, 9.17) is 16.9 Å². The maximum Gasteiger partial charge on any atom is 0.253 e. The normalized spacial score (nSPS) is 9.21. The minimum absolute atomic E-state index is 0.0730. The van der Waals surface area contributed by atoms with Gasteiger partial charge in [0, 0.05) is 11.1 Å². The van der Waals surface area contributed by atoms with Crippen molar-refractivity contribution in [3.63, 3.8) is 0 Å². The number of carbonyl (C=O) groups excluding carboxylic acids is 2. The molecule has 0 N–H and O–H groups in total. The van der Waals surface area contributed by atoms with Crippen LogP contribution in [0.25, 0.3) is 0 Å². The van der Waals surface area contributed by atoms with Crippen LogP contribution in [0.15, 0.2) is 12.1 Å². The summed E-state index contributed by atoms with van der Waals surface area (Å²) in [5.74, 6) is 0. The molecule has 0 fully saturated rings. The highest BCUT2D eigenvalue weighted by Crippen LogP contribution is 2.16. The molecule has 0 saturated heterocycles. The predicted octanol–water partition coefficient (Wildman–Crippen LogP) is 2.06. The number of nitrogens with zero attached hydrogens (tertiary/aromatic N) is 1. The van der Waals surface area contributed by atoms with Crippen LogP contribution in [0.2, 0.25) is 0 Å². The van der Waals surface area contributed by atoms with Gasteiger partial charge in [0.05, 0.1) is 11.6 Å². The zero-order valence-corrected chi connectivity index (χ0v) is 8.13. The van der Waals surface area contributed by atoms with Crippen LogP contribution in [-0.2, 0) is 0 Å². The number of benzene rings is 1. The van der Waals surface area contributed by atoms with Crippen LogP contribution in [0.4, 0.5) is 0 Å². The fraction of sp³-hybridized carbons (Fsp3) is 0.100. The lowest BCUT2D eigenvalue weighted by atomic mass is 10.0. The van der Waals surface area contributed by atoms with E-state index in [1.54, 1.807) is 6.92 Å². The van der Waals surface area contributed by atoms with Gasteiger partial charge in [-0.2, -0.15) is 5.26 Å². The fourth-order valence-electron chi connectivity index (χ4n) is 1.12. The Morgan fingerprint density at radius 1 is 1.57 bits per heavy atom. The van der Waals surface area contributed by atoms with Gasteiger partial charge in [-0.3, -0.25) is 9.59 Å². The van der Waals surface area contributed by atoms with Crippen molar-refractivity contribution in [3.8, 4) is 6.07 Å². The summed E-state index contributed by atoms with van der Waals surface area (Å²) in [6, 6.07) is 4.72. The summed E-state index contributed by atoms with van der Waals surface area (Å²) in [7, 11) is 0. The summed E-state index contributed by atoms with van der Waals surface area (Å²) in [5.41, 5.74) is 1.28. The van der Waals surface area contributed by atoms with Crippen molar-refractivity contribution in [2.24, 2.45) is 0 Å². The summed E-state index contributed by atoms with van der Waals surface area (Å²) in [5, 5.41) is 7.96. The van der Waals surface area contributed by atoms with Gasteiger partial charge in [-0.1, -0.05) is 0 Å². The Kier molecular flexibility index (Phi) is 3.00. The number of halogens is 1. The SMILES string of the molecule is Cc1cc(C=O)c(C(=O)Cl)cc1C#N. The molecule has 3 nitrogen and oxygen atoms in total. The number of hydrogen-bond donors (Lipinski definition) is 0. The van der Waals surface area contributed by atoms with Crippen molar-refractivity contribution in [1.82, 2.24) is 0 Å². The molecule has 1 rings (SSSR count). The molecule has 0 aliphatic heterocycles. The molecule has 70 valence electrons. The predicted molar refractivity (Wildman–Crippen MR) is 51.5 cm³/mol. The molecule has 0 amide bonds. The highest BCUT2D eigenvalue weighted by molar-refractivity contribution is 6.68. The van der Waals surface area contributed by atoms with Crippen LogP contribution in [0.3, 0.4) is 0 Å². The standard InChI is InChI=1S/C10H6ClNO2/c1-6-2-8(5-13)9(10(11)14)3-7(6)4-12/h2-3,5H,1H3. The fourth-order valence-corrected chi connectivity index (χ4v) is 1.28. The molecule has 0 aliphatic carbocycles. The number of rotatable bonds is 2. The highest BCUT2D eigenvalue weighted by Gasteiger charge is 2.11. The Morgan fingerprint density at radius 3 is 2.64 bits per heavy atom. The van der Waals surface area contributed by atoms with Crippen molar-refractivity contribution in [2.45, 2.75) is 6.92 Å². The van der Waals surface area contributed by atoms with E-state index in [0.717, 1.165) is 0 Å². The zero-order chi connectivity index (χ0) is 10.7. The molecular formula is C10H6ClNO2. The van der Waals surface area contributed by atoms with Gasteiger partial charge in [0.2, 0.25) is 0 Å². The maximum absolute atomic E-state index is 10.9. The van der Waals surface area contributed by atoms with E-state index in [1.807, 2.05) is 6.07 Å². The van der Waals surface area contributed by atoms with Crippen LogP contribution in [-0.4, -0.2) is 11.5 Å². The quantitative estimate of drug-likeness (QED) is 0.551. The number of nitriles is 1. The van der Waals surface area contributed by atoms with Crippen molar-refractivity contribution < 1.29 is 9.59 Å². The van der Waals surface area contributed by atoms with Crippen LogP contribution in [0.5, 0.6) is 0 Å². The number of carbonyl (C=O) groups is 2. The molecule has 0 bridgehead atoms. The first-order valence-electron chi connectivity index (χ1n) is 3.80. The van der Waals surface area contributed by atoms with Gasteiger partial charge < -0.3 is 0 Å². The van der Waals surface area contributed by atoms with Gasteiger partial charge in [0.25, 0.3) is 5.24 Å². The van der Waals surface area contributed by atoms with Crippen LogP contribution >= 0.6 is 11.6 Å². The Balaban J connectivity index is 3.49. The summed E-state index contributed by atoms with van der Waals surface area (Å²) >= 11 is 5.26. The maximum atomic E-state index is 10.9. The number of hydrogen-bond acceptors (Lipinski definition) is 3. The van der Waals surface area contributed by atoms with Crippen LogP contribution in [0, 0.1) is 18.3 Å². The Hall–Kier alpha value is -1.66. The van der Waals surface area contributed by atoms with Gasteiger partial charge in [0.1, 0.15) is 0 Å². The number of aryl methyl sites for hydroxylation is 1. The molecule has 4 heteroatoms. The average Bonchev–Trinajstić information content (AvgIpc) is 2.16. The summed E-state index contributed by atoms with van der Waals surface area (Å²) in [6.45, 7) is 1.69. The third-order valence-electron chi connectivity index (χ3n) is 1.86. The van der Waals surface area contributed by atoms with E-state index in [9.17, 15) is 9.59 Å². The molecule has 1 aromatic rings. The molecule has 0 aromatic heterocycles. The van der Waals surface area contributed by atoms with Crippen molar-refractivity contribution >= 4 is 23.1 Å². The van der Waals surface area contributed by atoms with Crippen LogP contribution in [0.1, 0.15) is 31.8 Å². The van der Waals surface area contributed by atoms with Gasteiger partial charge in [-0.15, -0.1) is 0 Å². The number of aldehydes is 1. The van der Waals surface area contributed by atoms with E-state index in [1.165, 1.54) is 12.1 Å². The molecule has 0 unspecified atom stereocenters. The average molecular weight is 208 g/mol. The lowest BCUT2D eigenvalue weighted by Crippen LogP contribution is -1.99. The van der Waals surface area contributed by atoms with E-state index in [2.05, 4.69) is 0 Å².